The van der Waals surface area contributed by atoms with Crippen molar-refractivity contribution in [2.24, 2.45) is 0 Å². The number of amides is 1. The summed E-state index contributed by atoms with van der Waals surface area (Å²) < 4.78 is 5.43. The van der Waals surface area contributed by atoms with E-state index in [4.69, 9.17) is 4.74 Å². The number of nitrogens with one attached hydrogen (secondary N) is 1. The van der Waals surface area contributed by atoms with Crippen molar-refractivity contribution in [1.82, 2.24) is 5.32 Å². The molecule has 0 heterocycles. The van der Waals surface area contributed by atoms with E-state index >= 15 is 0 Å². The molecule has 3 heteroatoms. The van der Waals surface area contributed by atoms with E-state index < -0.39 is 0 Å². The molecule has 3 nitrogen and oxygen atoms in total. The van der Waals surface area contributed by atoms with Crippen LogP contribution in [-0.4, -0.2) is 12.5 Å². The van der Waals surface area contributed by atoms with Gasteiger partial charge < -0.3 is 10.1 Å². The molecule has 1 amide bonds. The standard InChI is InChI=1S/C20H23NO2/c1-2-23-17-12-10-15(11-13-17)14-20(22)21-19-9-5-7-16-6-3-4-8-18(16)19/h3-4,6,8,10-13,19H,2,5,7,9,14H2,1H3,(H,21,22). The first-order chi connectivity index (χ1) is 11.3. The lowest BCUT2D eigenvalue weighted by atomic mass is 9.87. The Balaban J connectivity index is 1.62. The SMILES string of the molecule is CCOc1ccc(CC(=O)NC2CCCc3ccccc32)cc1. The number of hydrogen-bond acceptors (Lipinski definition) is 2. The van der Waals surface area contributed by atoms with Crippen molar-refractivity contribution < 1.29 is 9.53 Å². The zero-order valence-corrected chi connectivity index (χ0v) is 13.5. The number of ether oxygens (including phenoxy) is 1. The van der Waals surface area contributed by atoms with E-state index in [1.54, 1.807) is 0 Å². The molecule has 2 aromatic carbocycles. The van der Waals surface area contributed by atoms with Gasteiger partial charge in [-0.3, -0.25) is 4.79 Å². The van der Waals surface area contributed by atoms with Crippen LogP contribution in [0, 0.1) is 0 Å². The molecule has 0 saturated heterocycles. The maximum absolute atomic E-state index is 12.4. The Morgan fingerprint density at radius 3 is 2.74 bits per heavy atom. The third-order valence-corrected chi connectivity index (χ3v) is 4.30. The average Bonchev–Trinajstić information content (AvgIpc) is 2.57. The lowest BCUT2D eigenvalue weighted by Gasteiger charge is -2.26. The van der Waals surface area contributed by atoms with E-state index in [1.165, 1.54) is 11.1 Å². The average molecular weight is 309 g/mol. The molecule has 2 aromatic rings. The van der Waals surface area contributed by atoms with Crippen molar-refractivity contribution in [2.45, 2.75) is 38.6 Å². The summed E-state index contributed by atoms with van der Waals surface area (Å²) in [4.78, 5) is 12.4. The fraction of sp³-hybridized carbons (Fsp3) is 0.350. The summed E-state index contributed by atoms with van der Waals surface area (Å²) in [6.45, 7) is 2.62. The first kappa shape index (κ1) is 15.6. The Morgan fingerprint density at radius 2 is 1.96 bits per heavy atom. The Labute approximate surface area is 137 Å². The molecule has 0 aliphatic heterocycles. The van der Waals surface area contributed by atoms with Gasteiger partial charge in [-0.1, -0.05) is 36.4 Å². The first-order valence-electron chi connectivity index (χ1n) is 8.35. The van der Waals surface area contributed by atoms with Gasteiger partial charge >= 0.3 is 0 Å². The summed E-state index contributed by atoms with van der Waals surface area (Å²) in [6, 6.07) is 16.3. The van der Waals surface area contributed by atoms with Crippen molar-refractivity contribution in [3.05, 3.63) is 65.2 Å². The van der Waals surface area contributed by atoms with Gasteiger partial charge in [-0.05, 0) is 55.0 Å². The third kappa shape index (κ3) is 3.92. The van der Waals surface area contributed by atoms with Crippen LogP contribution in [0.4, 0.5) is 0 Å². The highest BCUT2D eigenvalue weighted by molar-refractivity contribution is 5.79. The van der Waals surface area contributed by atoms with Crippen LogP contribution in [0.1, 0.15) is 42.5 Å². The lowest BCUT2D eigenvalue weighted by Crippen LogP contribution is -2.32. The monoisotopic (exact) mass is 309 g/mol. The molecular weight excluding hydrogens is 286 g/mol. The zero-order valence-electron chi connectivity index (χ0n) is 13.5. The minimum atomic E-state index is 0.0795. The highest BCUT2D eigenvalue weighted by atomic mass is 16.5. The minimum Gasteiger partial charge on any atom is -0.494 e. The molecule has 0 saturated carbocycles. The molecule has 0 radical (unpaired) electrons. The van der Waals surface area contributed by atoms with Gasteiger partial charge in [-0.15, -0.1) is 0 Å². The molecule has 0 aromatic heterocycles. The molecule has 0 spiro atoms. The van der Waals surface area contributed by atoms with Crippen LogP contribution in [0.5, 0.6) is 5.75 Å². The fourth-order valence-electron chi connectivity index (χ4n) is 3.20. The van der Waals surface area contributed by atoms with Gasteiger partial charge in [0, 0.05) is 0 Å². The molecule has 1 atom stereocenters. The number of carbonyl (C=O) groups is 1. The van der Waals surface area contributed by atoms with Gasteiger partial charge in [0.05, 0.1) is 19.1 Å². The molecule has 1 aliphatic rings. The van der Waals surface area contributed by atoms with Gasteiger partial charge in [0.15, 0.2) is 0 Å². The topological polar surface area (TPSA) is 38.3 Å². The highest BCUT2D eigenvalue weighted by Crippen LogP contribution is 2.29. The molecule has 0 fully saturated rings. The van der Waals surface area contributed by atoms with Gasteiger partial charge in [-0.2, -0.15) is 0 Å². The second-order valence-corrected chi connectivity index (χ2v) is 5.96. The van der Waals surface area contributed by atoms with E-state index in [0.717, 1.165) is 30.6 Å². The van der Waals surface area contributed by atoms with E-state index in [9.17, 15) is 4.79 Å². The zero-order chi connectivity index (χ0) is 16.1. The number of benzene rings is 2. The molecule has 120 valence electrons. The largest absolute Gasteiger partial charge is 0.494 e. The van der Waals surface area contributed by atoms with Crippen molar-refractivity contribution >= 4 is 5.91 Å². The highest BCUT2D eigenvalue weighted by Gasteiger charge is 2.21. The van der Waals surface area contributed by atoms with Crippen LogP contribution in [0.15, 0.2) is 48.5 Å². The van der Waals surface area contributed by atoms with Crippen LogP contribution in [0.3, 0.4) is 0 Å². The predicted octanol–water partition coefficient (Wildman–Crippen LogP) is 3.82. The van der Waals surface area contributed by atoms with E-state index in [2.05, 4.69) is 29.6 Å². The van der Waals surface area contributed by atoms with Crippen LogP contribution in [0.2, 0.25) is 0 Å². The number of carbonyl (C=O) groups excluding carboxylic acids is 1. The molecule has 1 N–H and O–H groups in total. The van der Waals surface area contributed by atoms with Crippen molar-refractivity contribution in [3.8, 4) is 5.75 Å². The van der Waals surface area contributed by atoms with Gasteiger partial charge in [0.2, 0.25) is 5.91 Å². The fourth-order valence-corrected chi connectivity index (χ4v) is 3.20. The summed E-state index contributed by atoms with van der Waals surface area (Å²) in [5.41, 5.74) is 3.65. The molecular formula is C20H23NO2. The Bertz CT molecular complexity index is 664. The Hall–Kier alpha value is -2.29. The second-order valence-electron chi connectivity index (χ2n) is 5.96. The van der Waals surface area contributed by atoms with E-state index in [-0.39, 0.29) is 11.9 Å². The molecule has 23 heavy (non-hydrogen) atoms. The second kappa shape index (κ2) is 7.32. The normalized spacial score (nSPS) is 16.5. The number of rotatable bonds is 5. The third-order valence-electron chi connectivity index (χ3n) is 4.30. The molecule has 0 bridgehead atoms. The summed E-state index contributed by atoms with van der Waals surface area (Å²) in [5, 5.41) is 3.19. The van der Waals surface area contributed by atoms with Crippen molar-refractivity contribution in [2.75, 3.05) is 6.61 Å². The Morgan fingerprint density at radius 1 is 1.17 bits per heavy atom. The lowest BCUT2D eigenvalue weighted by molar-refractivity contribution is -0.121. The summed E-state index contributed by atoms with van der Waals surface area (Å²) in [5.74, 6) is 0.925. The molecule has 3 rings (SSSR count). The maximum Gasteiger partial charge on any atom is 0.224 e. The summed E-state index contributed by atoms with van der Waals surface area (Å²) in [7, 11) is 0. The van der Waals surface area contributed by atoms with Gasteiger partial charge in [0.25, 0.3) is 0 Å². The molecule has 1 unspecified atom stereocenters. The van der Waals surface area contributed by atoms with Gasteiger partial charge in [0.1, 0.15) is 5.75 Å². The minimum absolute atomic E-state index is 0.0795. The van der Waals surface area contributed by atoms with Gasteiger partial charge in [-0.25, -0.2) is 0 Å². The quantitative estimate of drug-likeness (QED) is 0.912. The van der Waals surface area contributed by atoms with Crippen molar-refractivity contribution in [3.63, 3.8) is 0 Å². The van der Waals surface area contributed by atoms with Crippen LogP contribution >= 0.6 is 0 Å². The Kier molecular flexibility index (Phi) is 4.96. The first-order valence-corrected chi connectivity index (χ1v) is 8.35. The smallest absolute Gasteiger partial charge is 0.224 e. The summed E-state index contributed by atoms with van der Waals surface area (Å²) in [6.07, 6.45) is 3.67. The van der Waals surface area contributed by atoms with Crippen LogP contribution in [-0.2, 0) is 17.6 Å². The predicted molar refractivity (Wildman–Crippen MR) is 91.6 cm³/mol. The van der Waals surface area contributed by atoms with Crippen molar-refractivity contribution in [1.29, 1.82) is 0 Å². The van der Waals surface area contributed by atoms with Crippen LogP contribution < -0.4 is 10.1 Å². The number of aryl methyl sites for hydroxylation is 1. The van der Waals surface area contributed by atoms with E-state index in [1.807, 2.05) is 31.2 Å². The number of hydrogen-bond donors (Lipinski definition) is 1. The number of fused-ring (bicyclic) bond motifs is 1. The van der Waals surface area contributed by atoms with Crippen LogP contribution in [0.25, 0.3) is 0 Å². The molecule has 1 aliphatic carbocycles. The summed E-state index contributed by atoms with van der Waals surface area (Å²) >= 11 is 0. The van der Waals surface area contributed by atoms with E-state index in [0.29, 0.717) is 13.0 Å². The maximum atomic E-state index is 12.4.